The molecule has 4 aromatic carbocycles. The summed E-state index contributed by atoms with van der Waals surface area (Å²) in [4.78, 5) is 54.0. The summed E-state index contributed by atoms with van der Waals surface area (Å²) in [5.74, 6) is -4.58. The minimum Gasteiger partial charge on any atom is -0.425 e. The number of ether oxygens (including phenoxy) is 1. The lowest BCUT2D eigenvalue weighted by molar-refractivity contribution is -0.384. The number of amides is 2. The third kappa shape index (κ3) is 3.35. The molecular formula is C32H22N2O6. The van der Waals surface area contributed by atoms with Crippen LogP contribution in [0.1, 0.15) is 22.6 Å². The minimum absolute atomic E-state index is 0.155. The third-order valence-corrected chi connectivity index (χ3v) is 8.31. The Kier molecular flexibility index (Phi) is 5.22. The molecule has 0 bridgehead atoms. The van der Waals surface area contributed by atoms with Gasteiger partial charge < -0.3 is 4.74 Å². The zero-order chi connectivity index (χ0) is 27.7. The monoisotopic (exact) mass is 530 g/mol. The standard InChI is InChI=1S/C32H22N2O6/c1-17-11-13-20(34(38)39)15-25(17)33-30(35)26-23(18-7-3-2-4-8-18)16-24-22-14-12-19-9-5-6-10-21(19)29(22)40-32(37)27(24)28(26)31(33)36/h2-16,23,26-28H,1H3/t23-,26-,27-,28+/m1/s1. The van der Waals surface area contributed by atoms with E-state index in [9.17, 15) is 24.5 Å². The number of aryl methyl sites for hydroxylation is 1. The maximum Gasteiger partial charge on any atom is 0.319 e. The van der Waals surface area contributed by atoms with Gasteiger partial charge in [-0.15, -0.1) is 0 Å². The summed E-state index contributed by atoms with van der Waals surface area (Å²) in [7, 11) is 0. The van der Waals surface area contributed by atoms with E-state index >= 15 is 0 Å². The zero-order valence-electron chi connectivity index (χ0n) is 21.3. The van der Waals surface area contributed by atoms with Gasteiger partial charge in [0.05, 0.1) is 28.4 Å². The Labute approximate surface area is 228 Å². The molecule has 40 heavy (non-hydrogen) atoms. The summed E-state index contributed by atoms with van der Waals surface area (Å²) in [6.07, 6.45) is 1.93. The first-order valence-corrected chi connectivity index (χ1v) is 13.0. The van der Waals surface area contributed by atoms with E-state index in [0.29, 0.717) is 22.4 Å². The van der Waals surface area contributed by atoms with E-state index in [2.05, 4.69) is 0 Å². The lowest BCUT2D eigenvalue weighted by Crippen LogP contribution is -2.42. The summed E-state index contributed by atoms with van der Waals surface area (Å²) in [6, 6.07) is 25.0. The number of non-ortho nitro benzene ring substituents is 1. The number of rotatable bonds is 3. The highest BCUT2D eigenvalue weighted by Crippen LogP contribution is 2.55. The number of hydrogen-bond acceptors (Lipinski definition) is 6. The van der Waals surface area contributed by atoms with Crippen LogP contribution in [0, 0.1) is 34.8 Å². The molecule has 0 N–H and O–H groups in total. The summed E-state index contributed by atoms with van der Waals surface area (Å²) < 4.78 is 5.91. The molecule has 0 unspecified atom stereocenters. The van der Waals surface area contributed by atoms with Crippen LogP contribution < -0.4 is 9.64 Å². The number of nitro groups is 1. The van der Waals surface area contributed by atoms with Gasteiger partial charge in [0.25, 0.3) is 5.69 Å². The van der Waals surface area contributed by atoms with Gasteiger partial charge in [-0.05, 0) is 29.0 Å². The molecule has 2 aliphatic heterocycles. The highest BCUT2D eigenvalue weighted by Gasteiger charge is 2.60. The molecule has 0 radical (unpaired) electrons. The number of allylic oxidation sites excluding steroid dienone is 1. The van der Waals surface area contributed by atoms with Crippen LogP contribution >= 0.6 is 0 Å². The molecular weight excluding hydrogens is 508 g/mol. The highest BCUT2D eigenvalue weighted by molar-refractivity contribution is 6.25. The van der Waals surface area contributed by atoms with Gasteiger partial charge in [0.15, 0.2) is 0 Å². The molecule has 0 aromatic heterocycles. The van der Waals surface area contributed by atoms with Gasteiger partial charge in [0.2, 0.25) is 11.8 Å². The number of nitro benzene ring substituents is 1. The van der Waals surface area contributed by atoms with Gasteiger partial charge in [-0.1, -0.05) is 78.9 Å². The number of benzene rings is 4. The highest BCUT2D eigenvalue weighted by atomic mass is 16.6. The molecule has 2 heterocycles. The number of hydrogen-bond donors (Lipinski definition) is 0. The van der Waals surface area contributed by atoms with E-state index in [1.54, 1.807) is 6.92 Å². The number of imide groups is 1. The van der Waals surface area contributed by atoms with Crippen LogP contribution in [0.2, 0.25) is 0 Å². The molecule has 8 nitrogen and oxygen atoms in total. The number of carbonyl (C=O) groups excluding carboxylic acids is 3. The zero-order valence-corrected chi connectivity index (χ0v) is 21.3. The van der Waals surface area contributed by atoms with E-state index in [1.165, 1.54) is 18.2 Å². The number of fused-ring (bicyclic) bond motifs is 7. The second-order valence-electron chi connectivity index (χ2n) is 10.4. The van der Waals surface area contributed by atoms with E-state index in [-0.39, 0.29) is 11.4 Å². The van der Waals surface area contributed by atoms with Crippen LogP contribution in [-0.4, -0.2) is 22.7 Å². The lowest BCUT2D eigenvalue weighted by Gasteiger charge is -2.38. The number of anilines is 1. The van der Waals surface area contributed by atoms with Crippen LogP contribution in [-0.2, 0) is 14.4 Å². The first-order chi connectivity index (χ1) is 19.3. The molecule has 4 atom stereocenters. The molecule has 0 saturated carbocycles. The molecule has 196 valence electrons. The van der Waals surface area contributed by atoms with Crippen LogP contribution in [0.5, 0.6) is 5.75 Å². The molecule has 1 aliphatic carbocycles. The van der Waals surface area contributed by atoms with Crippen LogP contribution in [0.25, 0.3) is 16.3 Å². The SMILES string of the molecule is Cc1ccc([N+](=O)[O-])cc1N1C(=O)[C@@H]2[C@@H]3C(=O)Oc4c(ccc5ccccc45)C3=C[C@H](c3ccccc3)[C@H]2C1=O. The normalized spacial score (nSPS) is 23.3. The van der Waals surface area contributed by atoms with E-state index in [4.69, 9.17) is 4.74 Å². The predicted octanol–water partition coefficient (Wildman–Crippen LogP) is 5.58. The Morgan fingerprint density at radius 2 is 1.57 bits per heavy atom. The van der Waals surface area contributed by atoms with E-state index in [0.717, 1.165) is 21.2 Å². The maximum absolute atomic E-state index is 14.2. The van der Waals surface area contributed by atoms with Crippen LogP contribution in [0.3, 0.4) is 0 Å². The van der Waals surface area contributed by atoms with E-state index < -0.39 is 46.4 Å². The van der Waals surface area contributed by atoms with E-state index in [1.807, 2.05) is 72.8 Å². The van der Waals surface area contributed by atoms with Gasteiger partial charge >= 0.3 is 5.97 Å². The van der Waals surface area contributed by atoms with Crippen molar-refractivity contribution in [2.75, 3.05) is 4.90 Å². The lowest BCUT2D eigenvalue weighted by atomic mass is 9.64. The Balaban J connectivity index is 1.44. The average molecular weight is 531 g/mol. The Hall–Kier alpha value is -5.11. The maximum atomic E-state index is 14.2. The van der Waals surface area contributed by atoms with Crippen molar-refractivity contribution in [3.05, 3.63) is 118 Å². The molecule has 2 amide bonds. The smallest absolute Gasteiger partial charge is 0.319 e. The van der Waals surface area contributed by atoms with Crippen molar-refractivity contribution in [1.82, 2.24) is 0 Å². The average Bonchev–Trinajstić information content (AvgIpc) is 3.22. The van der Waals surface area contributed by atoms with Crippen LogP contribution in [0.15, 0.2) is 91.0 Å². The number of carbonyl (C=O) groups is 3. The number of nitrogens with zero attached hydrogens (tertiary/aromatic N) is 2. The predicted molar refractivity (Wildman–Crippen MR) is 148 cm³/mol. The number of esters is 1. The Morgan fingerprint density at radius 3 is 2.35 bits per heavy atom. The molecule has 1 fully saturated rings. The largest absolute Gasteiger partial charge is 0.425 e. The molecule has 8 heteroatoms. The van der Waals surface area contributed by atoms with Gasteiger partial charge in [-0.2, -0.15) is 0 Å². The van der Waals surface area contributed by atoms with Crippen LogP contribution in [0.4, 0.5) is 11.4 Å². The quantitative estimate of drug-likeness (QED) is 0.113. The molecule has 4 aromatic rings. The van der Waals surface area contributed by atoms with Crippen molar-refractivity contribution in [2.24, 2.45) is 17.8 Å². The second kappa shape index (κ2) is 8.71. The fraction of sp³-hybridized carbons (Fsp3) is 0.156. The van der Waals surface area contributed by atoms with Gasteiger partial charge in [-0.3, -0.25) is 24.5 Å². The van der Waals surface area contributed by atoms with Crippen molar-refractivity contribution in [1.29, 1.82) is 0 Å². The minimum atomic E-state index is -1.02. The first kappa shape index (κ1) is 24.0. The van der Waals surface area contributed by atoms with Crippen molar-refractivity contribution < 1.29 is 24.0 Å². The molecule has 0 spiro atoms. The van der Waals surface area contributed by atoms with Crippen molar-refractivity contribution in [2.45, 2.75) is 12.8 Å². The van der Waals surface area contributed by atoms with Gasteiger partial charge in [0.1, 0.15) is 5.75 Å². The summed E-state index contributed by atoms with van der Waals surface area (Å²) in [5, 5.41) is 13.2. The van der Waals surface area contributed by atoms with Crippen molar-refractivity contribution in [3.8, 4) is 5.75 Å². The summed E-state index contributed by atoms with van der Waals surface area (Å²) >= 11 is 0. The fourth-order valence-corrected chi connectivity index (χ4v) is 6.48. The summed E-state index contributed by atoms with van der Waals surface area (Å²) in [5.41, 5.74) is 2.68. The fourth-order valence-electron chi connectivity index (χ4n) is 6.48. The third-order valence-electron chi connectivity index (χ3n) is 8.31. The molecule has 1 saturated heterocycles. The Bertz CT molecular complexity index is 1810. The summed E-state index contributed by atoms with van der Waals surface area (Å²) in [6.45, 7) is 1.69. The topological polar surface area (TPSA) is 107 Å². The molecule has 7 rings (SSSR count). The first-order valence-electron chi connectivity index (χ1n) is 13.0. The van der Waals surface area contributed by atoms with Gasteiger partial charge in [-0.25, -0.2) is 4.90 Å². The molecule has 3 aliphatic rings. The second-order valence-corrected chi connectivity index (χ2v) is 10.4. The Morgan fingerprint density at radius 1 is 0.850 bits per heavy atom. The van der Waals surface area contributed by atoms with Crippen molar-refractivity contribution in [3.63, 3.8) is 0 Å². The van der Waals surface area contributed by atoms with Gasteiger partial charge in [0, 0.05) is 29.0 Å². The van der Waals surface area contributed by atoms with Crippen molar-refractivity contribution >= 4 is 45.5 Å².